The summed E-state index contributed by atoms with van der Waals surface area (Å²) in [5, 5.41) is 7.09. The molecule has 1 amide bonds. The fraction of sp³-hybridized carbons (Fsp3) is 0.909. The minimum absolute atomic E-state index is 0.230. The van der Waals surface area contributed by atoms with Gasteiger partial charge in [0.05, 0.1) is 5.75 Å². The van der Waals surface area contributed by atoms with E-state index in [0.29, 0.717) is 23.0 Å². The minimum atomic E-state index is 0.230. The molecule has 2 rings (SSSR count). The van der Waals surface area contributed by atoms with Crippen molar-refractivity contribution >= 4 is 17.7 Å². The van der Waals surface area contributed by atoms with Crippen LogP contribution in [0.3, 0.4) is 0 Å². The molecule has 0 aromatic heterocycles. The van der Waals surface area contributed by atoms with Gasteiger partial charge in [-0.15, -0.1) is 11.8 Å². The van der Waals surface area contributed by atoms with Crippen LogP contribution < -0.4 is 10.6 Å². The molecule has 2 N–H and O–H groups in total. The minimum Gasteiger partial charge on any atom is -0.352 e. The Hall–Kier alpha value is -0.220. The molecule has 2 fully saturated rings. The molecule has 0 radical (unpaired) electrons. The molecule has 2 atom stereocenters. The lowest BCUT2D eigenvalue weighted by molar-refractivity contribution is -0.118. The van der Waals surface area contributed by atoms with Crippen LogP contribution in [0.4, 0.5) is 0 Å². The predicted molar refractivity (Wildman–Crippen MR) is 64.1 cm³/mol. The number of piperidine rings is 1. The van der Waals surface area contributed by atoms with E-state index in [0.717, 1.165) is 13.1 Å². The summed E-state index contributed by atoms with van der Waals surface area (Å²) in [6.45, 7) is 4.41. The molecule has 1 saturated carbocycles. The zero-order valence-corrected chi connectivity index (χ0v) is 10.1. The molecule has 1 aliphatic heterocycles. The summed E-state index contributed by atoms with van der Waals surface area (Å²) in [4.78, 5) is 11.5. The summed E-state index contributed by atoms with van der Waals surface area (Å²) in [7, 11) is 0. The van der Waals surface area contributed by atoms with Crippen molar-refractivity contribution in [2.75, 3.05) is 18.8 Å². The van der Waals surface area contributed by atoms with Gasteiger partial charge < -0.3 is 10.6 Å². The van der Waals surface area contributed by atoms with Crippen molar-refractivity contribution in [3.63, 3.8) is 0 Å². The summed E-state index contributed by atoms with van der Waals surface area (Å²) in [6, 6.07) is 0.478. The number of rotatable bonds is 4. The Kier molecular flexibility index (Phi) is 3.92. The smallest absolute Gasteiger partial charge is 0.230 e. The van der Waals surface area contributed by atoms with Crippen molar-refractivity contribution in [1.82, 2.24) is 10.6 Å². The Bertz CT molecular complexity index is 229. The lowest BCUT2D eigenvalue weighted by Crippen LogP contribution is -2.32. The quantitative estimate of drug-likeness (QED) is 0.754. The highest BCUT2D eigenvalue weighted by Crippen LogP contribution is 2.29. The number of hydrogen-bond donors (Lipinski definition) is 2. The van der Waals surface area contributed by atoms with Gasteiger partial charge >= 0.3 is 0 Å². The molecule has 1 heterocycles. The number of nitrogens with one attached hydrogen (secondary N) is 2. The molecule has 0 spiro atoms. The van der Waals surface area contributed by atoms with Crippen LogP contribution in [0.25, 0.3) is 0 Å². The van der Waals surface area contributed by atoms with Crippen molar-refractivity contribution in [1.29, 1.82) is 0 Å². The topological polar surface area (TPSA) is 41.1 Å². The summed E-state index contributed by atoms with van der Waals surface area (Å²) in [6.07, 6.45) is 3.58. The summed E-state index contributed by atoms with van der Waals surface area (Å²) < 4.78 is 0. The van der Waals surface area contributed by atoms with Gasteiger partial charge in [0.15, 0.2) is 0 Å². The number of thioether (sulfide) groups is 1. The zero-order chi connectivity index (χ0) is 10.7. The Morgan fingerprint density at radius 1 is 1.47 bits per heavy atom. The molecule has 1 aliphatic carbocycles. The van der Waals surface area contributed by atoms with Crippen LogP contribution in [0, 0.1) is 5.92 Å². The van der Waals surface area contributed by atoms with E-state index >= 15 is 0 Å². The predicted octanol–water partition coefficient (Wildman–Crippen LogP) is 0.996. The van der Waals surface area contributed by atoms with E-state index in [1.165, 1.54) is 19.3 Å². The maximum Gasteiger partial charge on any atom is 0.230 e. The molecule has 86 valence electrons. The van der Waals surface area contributed by atoms with Crippen LogP contribution in [-0.2, 0) is 4.79 Å². The lowest BCUT2D eigenvalue weighted by Gasteiger charge is -2.21. The fourth-order valence-electron chi connectivity index (χ4n) is 1.93. The number of carbonyl (C=O) groups is 1. The van der Waals surface area contributed by atoms with E-state index < -0.39 is 0 Å². The van der Waals surface area contributed by atoms with Crippen molar-refractivity contribution in [2.45, 2.75) is 37.5 Å². The van der Waals surface area contributed by atoms with E-state index in [9.17, 15) is 4.79 Å². The normalized spacial score (nSPS) is 31.3. The molecule has 4 heteroatoms. The van der Waals surface area contributed by atoms with Gasteiger partial charge in [-0.25, -0.2) is 0 Å². The van der Waals surface area contributed by atoms with Gasteiger partial charge in [0.1, 0.15) is 0 Å². The maximum absolute atomic E-state index is 11.5. The lowest BCUT2D eigenvalue weighted by atomic mass is 10.2. The first-order chi connectivity index (χ1) is 7.25. The van der Waals surface area contributed by atoms with Gasteiger partial charge in [-0.05, 0) is 38.3 Å². The van der Waals surface area contributed by atoms with Crippen molar-refractivity contribution in [3.05, 3.63) is 0 Å². The third-order valence-electron chi connectivity index (χ3n) is 3.19. The molecular formula is C11H20N2OS. The van der Waals surface area contributed by atoms with Gasteiger partial charge in [0.2, 0.25) is 5.91 Å². The van der Waals surface area contributed by atoms with Crippen LogP contribution in [0.5, 0.6) is 0 Å². The standard InChI is InChI=1S/C11H20N2OS/c1-8-6-10(8)13-11(14)7-15-9-2-4-12-5-3-9/h8-10,12H,2-7H2,1H3,(H,13,14). The van der Waals surface area contributed by atoms with Crippen LogP contribution in [0.1, 0.15) is 26.2 Å². The SMILES string of the molecule is CC1CC1NC(=O)CSC1CCNCC1. The highest BCUT2D eigenvalue weighted by atomic mass is 32.2. The molecule has 2 aliphatic rings. The second kappa shape index (κ2) is 5.21. The number of hydrogen-bond acceptors (Lipinski definition) is 3. The first-order valence-corrected chi connectivity index (χ1v) is 6.92. The van der Waals surface area contributed by atoms with E-state index in [-0.39, 0.29) is 5.91 Å². The van der Waals surface area contributed by atoms with E-state index in [4.69, 9.17) is 0 Å². The monoisotopic (exact) mass is 228 g/mol. The highest BCUT2D eigenvalue weighted by Gasteiger charge is 2.33. The summed E-state index contributed by atoms with van der Waals surface area (Å²) in [5.74, 6) is 1.58. The van der Waals surface area contributed by atoms with Crippen LogP contribution >= 0.6 is 11.8 Å². The van der Waals surface area contributed by atoms with Gasteiger partial charge in [-0.2, -0.15) is 0 Å². The maximum atomic E-state index is 11.5. The third kappa shape index (κ3) is 3.68. The van der Waals surface area contributed by atoms with Gasteiger partial charge in [0, 0.05) is 11.3 Å². The molecule has 1 saturated heterocycles. The third-order valence-corrected chi connectivity index (χ3v) is 4.56. The zero-order valence-electron chi connectivity index (χ0n) is 9.29. The largest absolute Gasteiger partial charge is 0.352 e. The molecule has 15 heavy (non-hydrogen) atoms. The fourth-order valence-corrected chi connectivity index (χ4v) is 2.97. The molecule has 0 bridgehead atoms. The molecule has 0 aromatic carbocycles. The molecule has 2 unspecified atom stereocenters. The Morgan fingerprint density at radius 3 is 2.73 bits per heavy atom. The van der Waals surface area contributed by atoms with Crippen molar-refractivity contribution in [3.8, 4) is 0 Å². The van der Waals surface area contributed by atoms with Gasteiger partial charge in [0.25, 0.3) is 0 Å². The second-order valence-electron chi connectivity index (χ2n) is 4.65. The first-order valence-electron chi connectivity index (χ1n) is 5.87. The van der Waals surface area contributed by atoms with E-state index in [1.807, 2.05) is 11.8 Å². The molecular weight excluding hydrogens is 208 g/mol. The Morgan fingerprint density at radius 2 is 2.13 bits per heavy atom. The van der Waals surface area contributed by atoms with Gasteiger partial charge in [-0.3, -0.25) is 4.79 Å². The second-order valence-corrected chi connectivity index (χ2v) is 5.94. The number of carbonyl (C=O) groups excluding carboxylic acids is 1. The van der Waals surface area contributed by atoms with E-state index in [1.54, 1.807) is 0 Å². The highest BCUT2D eigenvalue weighted by molar-refractivity contribution is 8.00. The summed E-state index contributed by atoms with van der Waals surface area (Å²) in [5.41, 5.74) is 0. The van der Waals surface area contributed by atoms with Crippen LogP contribution in [-0.4, -0.2) is 36.0 Å². The van der Waals surface area contributed by atoms with Gasteiger partial charge in [-0.1, -0.05) is 6.92 Å². The average molecular weight is 228 g/mol. The van der Waals surface area contributed by atoms with Crippen molar-refractivity contribution < 1.29 is 4.79 Å². The Labute approximate surface area is 95.8 Å². The Balaban J connectivity index is 1.57. The van der Waals surface area contributed by atoms with E-state index in [2.05, 4.69) is 17.6 Å². The molecule has 0 aromatic rings. The molecule has 3 nitrogen and oxygen atoms in total. The number of amides is 1. The first kappa shape index (κ1) is 11.3. The van der Waals surface area contributed by atoms with Crippen LogP contribution in [0.15, 0.2) is 0 Å². The van der Waals surface area contributed by atoms with Crippen LogP contribution in [0.2, 0.25) is 0 Å². The van der Waals surface area contributed by atoms with Crippen molar-refractivity contribution in [2.24, 2.45) is 5.92 Å². The summed E-state index contributed by atoms with van der Waals surface area (Å²) >= 11 is 1.82. The average Bonchev–Trinajstić information content (AvgIpc) is 2.93.